The molecule has 19 nitrogen and oxygen atoms in total. The SMILES string of the molecule is CC(C)N(C)[C@@H]1CC[C@H](N2CC[C@H](Nc3ncnc4ccc(C(F)(F)F)cc34)C2=O)[C@H](NC(=O)CCOCCC(=O)N[C@H]2C[C@H](C(=O)NCCOCCNC(=O)[C@H]3CC(=O)N(C)[C@@H]3c3cccnc3)C2)C1. The number of carbonyl (C=O) groups is 6. The number of rotatable bonds is 22. The molecule has 0 spiro atoms. The summed E-state index contributed by atoms with van der Waals surface area (Å²) in [7, 11) is 3.73. The van der Waals surface area contributed by atoms with Crippen molar-refractivity contribution in [3.63, 3.8) is 0 Å². The fourth-order valence-corrected chi connectivity index (χ4v) is 10.1. The number of aromatic nitrogens is 3. The number of fused-ring (bicyclic) bond motifs is 1. The Morgan fingerprint density at radius 1 is 0.887 bits per heavy atom. The molecule has 4 fully saturated rings. The monoisotopic (exact) mass is 994 g/mol. The van der Waals surface area contributed by atoms with Gasteiger partial charge in [0.15, 0.2) is 0 Å². The first-order valence-corrected chi connectivity index (χ1v) is 24.5. The van der Waals surface area contributed by atoms with E-state index in [0.29, 0.717) is 50.7 Å². The van der Waals surface area contributed by atoms with Crippen LogP contribution in [0.3, 0.4) is 0 Å². The number of pyridine rings is 1. The van der Waals surface area contributed by atoms with E-state index in [0.717, 1.165) is 24.1 Å². The van der Waals surface area contributed by atoms with Gasteiger partial charge in [0.2, 0.25) is 35.4 Å². The van der Waals surface area contributed by atoms with Crippen molar-refractivity contribution in [3.05, 3.63) is 60.2 Å². The normalized spacial score (nSPS) is 24.6. The summed E-state index contributed by atoms with van der Waals surface area (Å²) < 4.78 is 51.9. The third-order valence-electron chi connectivity index (χ3n) is 14.3. The number of alkyl halides is 3. The first kappa shape index (κ1) is 52.8. The summed E-state index contributed by atoms with van der Waals surface area (Å²) >= 11 is 0. The molecule has 6 atom stereocenters. The Kier molecular flexibility index (Phi) is 17.8. The number of halogens is 3. The Morgan fingerprint density at radius 3 is 2.28 bits per heavy atom. The van der Waals surface area contributed by atoms with Crippen molar-refractivity contribution in [3.8, 4) is 0 Å². The van der Waals surface area contributed by atoms with Gasteiger partial charge in [-0.1, -0.05) is 6.07 Å². The van der Waals surface area contributed by atoms with E-state index in [2.05, 4.69) is 60.3 Å². The number of ether oxygens (including phenoxy) is 2. The van der Waals surface area contributed by atoms with Crippen LogP contribution in [-0.2, 0) is 44.4 Å². The molecule has 71 heavy (non-hydrogen) atoms. The number of anilines is 1. The zero-order chi connectivity index (χ0) is 50.8. The zero-order valence-corrected chi connectivity index (χ0v) is 40.7. The number of nitrogens with zero attached hydrogens (tertiary/aromatic N) is 6. The molecule has 4 heterocycles. The lowest BCUT2D eigenvalue weighted by Gasteiger charge is -2.44. The number of hydrogen-bond acceptors (Lipinski definition) is 13. The Labute approximate surface area is 411 Å². The van der Waals surface area contributed by atoms with E-state index in [9.17, 15) is 41.9 Å². The number of amides is 6. The van der Waals surface area contributed by atoms with Crippen LogP contribution >= 0.6 is 0 Å². The Morgan fingerprint density at radius 2 is 1.59 bits per heavy atom. The standard InChI is InChI=1S/C49H66F3N11O8/c1-29(2)61(3)34-8-10-40(63-17-11-38(48(63)69)60-45-35-24-32(49(50,51)52)7-9-37(35)56-28-57-45)39(25-34)59-42(65)13-19-70-18-12-41(64)58-33-22-31(23-33)46(67)54-15-20-71-21-16-55-47(68)36-26-43(66)62(4)44(36)30-6-5-14-53-27-30/h5-7,9,14,24,27-29,31,33-34,36,38-40,44H,8,10-13,15-23,25-26H2,1-4H3,(H,54,67)(H,55,68)(H,58,64)(H,59,65)(H,56,57,60)/t31-,33-,34-,36+,38+,39-,40+,44-/m1/s1. The second kappa shape index (κ2) is 23.9. The van der Waals surface area contributed by atoms with Gasteiger partial charge in [-0.05, 0) is 89.2 Å². The van der Waals surface area contributed by atoms with Crippen LogP contribution in [0.15, 0.2) is 49.1 Å². The predicted octanol–water partition coefficient (Wildman–Crippen LogP) is 2.96. The van der Waals surface area contributed by atoms with Gasteiger partial charge in [0.05, 0.1) is 61.6 Å². The van der Waals surface area contributed by atoms with Crippen LogP contribution in [0, 0.1) is 11.8 Å². The van der Waals surface area contributed by atoms with Gasteiger partial charge >= 0.3 is 6.18 Å². The second-order valence-corrected chi connectivity index (χ2v) is 19.2. The zero-order valence-electron chi connectivity index (χ0n) is 40.7. The lowest BCUT2D eigenvalue weighted by atomic mass is 9.79. The summed E-state index contributed by atoms with van der Waals surface area (Å²) in [6.45, 7) is 5.83. The van der Waals surface area contributed by atoms with Crippen molar-refractivity contribution in [2.75, 3.05) is 65.5 Å². The molecule has 7 rings (SSSR count). The number of likely N-dealkylation sites (tertiary alicyclic amines) is 2. The molecule has 3 aromatic rings. The average Bonchev–Trinajstić information content (AvgIpc) is 3.84. The van der Waals surface area contributed by atoms with Crippen molar-refractivity contribution in [1.29, 1.82) is 0 Å². The molecule has 2 saturated heterocycles. The summed E-state index contributed by atoms with van der Waals surface area (Å²) in [5.41, 5.74) is 0.275. The van der Waals surface area contributed by atoms with Crippen LogP contribution in [0.25, 0.3) is 10.9 Å². The summed E-state index contributed by atoms with van der Waals surface area (Å²) in [5.74, 6) is -1.76. The Bertz CT molecular complexity index is 2360. The maximum absolute atomic E-state index is 13.9. The topological polar surface area (TPSA) is 229 Å². The van der Waals surface area contributed by atoms with Gasteiger partial charge in [-0.2, -0.15) is 13.2 Å². The smallest absolute Gasteiger partial charge is 0.380 e. The molecule has 2 aliphatic carbocycles. The van der Waals surface area contributed by atoms with Crippen molar-refractivity contribution in [2.45, 2.75) is 120 Å². The highest BCUT2D eigenvalue weighted by Crippen LogP contribution is 2.37. The van der Waals surface area contributed by atoms with E-state index < -0.39 is 23.7 Å². The van der Waals surface area contributed by atoms with Gasteiger partial charge in [0.25, 0.3) is 0 Å². The molecule has 6 amide bonds. The van der Waals surface area contributed by atoms with Gasteiger partial charge in [0.1, 0.15) is 18.2 Å². The van der Waals surface area contributed by atoms with Crippen LogP contribution in [0.1, 0.15) is 88.8 Å². The summed E-state index contributed by atoms with van der Waals surface area (Å²) in [5, 5.41) is 15.0. The number of nitrogens with one attached hydrogen (secondary N) is 5. The maximum Gasteiger partial charge on any atom is 0.416 e. The maximum atomic E-state index is 13.9. The first-order chi connectivity index (χ1) is 34.0. The molecule has 0 radical (unpaired) electrons. The van der Waals surface area contributed by atoms with Crippen molar-refractivity contribution >= 4 is 52.2 Å². The Balaban J connectivity index is 0.765. The number of carbonyl (C=O) groups excluding carboxylic acids is 6. The van der Waals surface area contributed by atoms with Gasteiger partial charge in [-0.25, -0.2) is 9.97 Å². The first-order valence-electron chi connectivity index (χ1n) is 24.5. The molecule has 0 bridgehead atoms. The molecule has 386 valence electrons. The third kappa shape index (κ3) is 13.5. The van der Waals surface area contributed by atoms with Crippen molar-refractivity contribution < 1.29 is 51.4 Å². The largest absolute Gasteiger partial charge is 0.416 e. The highest BCUT2D eigenvalue weighted by Gasteiger charge is 2.45. The fraction of sp³-hybridized carbons (Fsp3) is 0.612. The molecular weight excluding hydrogens is 928 g/mol. The van der Waals surface area contributed by atoms with E-state index >= 15 is 0 Å². The van der Waals surface area contributed by atoms with E-state index in [1.807, 2.05) is 13.1 Å². The second-order valence-electron chi connectivity index (χ2n) is 19.2. The third-order valence-corrected chi connectivity index (χ3v) is 14.3. The minimum atomic E-state index is -4.56. The van der Waals surface area contributed by atoms with Crippen LogP contribution < -0.4 is 26.6 Å². The van der Waals surface area contributed by atoms with Crippen LogP contribution in [0.5, 0.6) is 0 Å². The van der Waals surface area contributed by atoms with Crippen LogP contribution in [-0.4, -0.2) is 162 Å². The molecule has 2 aromatic heterocycles. The molecule has 2 aliphatic heterocycles. The van der Waals surface area contributed by atoms with Crippen molar-refractivity contribution in [2.24, 2.45) is 11.8 Å². The number of hydrogen-bond donors (Lipinski definition) is 5. The molecule has 5 N–H and O–H groups in total. The highest BCUT2D eigenvalue weighted by atomic mass is 19.4. The van der Waals surface area contributed by atoms with E-state index in [1.165, 1.54) is 12.4 Å². The molecule has 1 aromatic carbocycles. The minimum absolute atomic E-state index is 0.0464. The quantitative estimate of drug-likeness (QED) is 0.0914. The molecule has 22 heteroatoms. The number of benzene rings is 1. The molecular formula is C49H66F3N11O8. The minimum Gasteiger partial charge on any atom is -0.380 e. The van der Waals surface area contributed by atoms with E-state index in [1.54, 1.807) is 35.3 Å². The lowest BCUT2D eigenvalue weighted by molar-refractivity contribution is -0.137. The summed E-state index contributed by atoms with van der Waals surface area (Å²) in [4.78, 5) is 95.9. The van der Waals surface area contributed by atoms with Crippen LogP contribution in [0.4, 0.5) is 19.0 Å². The molecule has 0 unspecified atom stereocenters. The predicted molar refractivity (Wildman–Crippen MR) is 254 cm³/mol. The van der Waals surface area contributed by atoms with Gasteiger partial charge in [-0.15, -0.1) is 0 Å². The molecule has 2 saturated carbocycles. The summed E-state index contributed by atoms with van der Waals surface area (Å²) in [6.07, 6.45) is 3.73. The van der Waals surface area contributed by atoms with Crippen molar-refractivity contribution in [1.82, 2.24) is 50.9 Å². The lowest BCUT2D eigenvalue weighted by Crippen LogP contribution is -2.58. The highest BCUT2D eigenvalue weighted by molar-refractivity contribution is 5.93. The van der Waals surface area contributed by atoms with Gasteiger partial charge in [-0.3, -0.25) is 33.8 Å². The fourth-order valence-electron chi connectivity index (χ4n) is 10.1. The Hall–Kier alpha value is -6.00. The van der Waals surface area contributed by atoms with E-state index in [4.69, 9.17) is 9.47 Å². The summed E-state index contributed by atoms with van der Waals surface area (Å²) in [6, 6.07) is 5.38. The van der Waals surface area contributed by atoms with E-state index in [-0.39, 0.29) is 141 Å². The van der Waals surface area contributed by atoms with Gasteiger partial charge in [0, 0.05) is 87.8 Å². The molecule has 4 aliphatic rings. The average molecular weight is 994 g/mol. The van der Waals surface area contributed by atoms with Gasteiger partial charge < -0.3 is 50.8 Å². The van der Waals surface area contributed by atoms with Crippen LogP contribution in [0.2, 0.25) is 0 Å².